The molecule has 13 heavy (non-hydrogen) atoms. The average molecular weight is 208 g/mol. The van der Waals surface area contributed by atoms with E-state index in [2.05, 4.69) is 0 Å². The lowest BCUT2D eigenvalue weighted by atomic mass is 10.3. The monoisotopic (exact) mass is 207 g/mol. The van der Waals surface area contributed by atoms with Gasteiger partial charge in [0.2, 0.25) is 0 Å². The normalized spacial score (nSPS) is 10.2. The van der Waals surface area contributed by atoms with Crippen LogP contribution in [0.4, 0.5) is 8.78 Å². The van der Waals surface area contributed by atoms with Gasteiger partial charge in [0.25, 0.3) is 0 Å². The molecule has 0 aliphatic rings. The Bertz CT molecular complexity index is 306. The van der Waals surface area contributed by atoms with Crippen LogP contribution in [0.25, 0.3) is 0 Å². The van der Waals surface area contributed by atoms with Gasteiger partial charge in [0, 0.05) is 6.54 Å². The second-order valence-corrected chi connectivity index (χ2v) is 2.69. The topological polar surface area (TPSA) is 35.2 Å². The quantitative estimate of drug-likeness (QED) is 0.769. The van der Waals surface area contributed by atoms with E-state index in [1.165, 1.54) is 0 Å². The summed E-state index contributed by atoms with van der Waals surface area (Å²) in [6.07, 6.45) is 0. The molecule has 72 valence electrons. The molecule has 0 aliphatic heterocycles. The molecule has 0 saturated heterocycles. The molecule has 1 aromatic rings. The van der Waals surface area contributed by atoms with E-state index >= 15 is 0 Å². The molecule has 1 aromatic carbocycles. The molecule has 0 radical (unpaired) electrons. The van der Waals surface area contributed by atoms with Crippen LogP contribution in [0.2, 0.25) is 5.02 Å². The Kier molecular flexibility index (Phi) is 3.45. The van der Waals surface area contributed by atoms with Gasteiger partial charge in [-0.15, -0.1) is 0 Å². The molecule has 0 aliphatic carbocycles. The third kappa shape index (κ3) is 2.29. The van der Waals surface area contributed by atoms with Gasteiger partial charge in [-0.25, -0.2) is 8.78 Å². The summed E-state index contributed by atoms with van der Waals surface area (Å²) in [7, 11) is 0. The van der Waals surface area contributed by atoms with Crippen LogP contribution >= 0.6 is 11.6 Å². The zero-order valence-corrected chi connectivity index (χ0v) is 7.44. The van der Waals surface area contributed by atoms with E-state index in [-0.39, 0.29) is 23.9 Å². The average Bonchev–Trinajstić information content (AvgIpc) is 2.12. The van der Waals surface area contributed by atoms with Crippen molar-refractivity contribution in [1.29, 1.82) is 0 Å². The second-order valence-electron chi connectivity index (χ2n) is 2.31. The van der Waals surface area contributed by atoms with Gasteiger partial charge in [-0.1, -0.05) is 11.6 Å². The highest BCUT2D eigenvalue weighted by molar-refractivity contribution is 6.32. The van der Waals surface area contributed by atoms with Crippen molar-refractivity contribution in [1.82, 2.24) is 0 Å². The summed E-state index contributed by atoms with van der Waals surface area (Å²) in [6, 6.07) is 1.89. The summed E-state index contributed by atoms with van der Waals surface area (Å²) in [6.45, 7) is 0.312. The standard InChI is InChI=1S/C8H8ClF2NO/c9-7-5(10)1-2-6(11)8(7)13-4-3-12/h1-2H,3-4,12H2. The molecule has 0 amide bonds. The van der Waals surface area contributed by atoms with E-state index in [4.69, 9.17) is 22.1 Å². The number of rotatable bonds is 3. The fourth-order valence-electron chi connectivity index (χ4n) is 0.802. The van der Waals surface area contributed by atoms with E-state index in [1.54, 1.807) is 0 Å². The lowest BCUT2D eigenvalue weighted by molar-refractivity contribution is 0.309. The molecule has 0 saturated carbocycles. The first kappa shape index (κ1) is 10.2. The SMILES string of the molecule is NCCOc1c(F)ccc(F)c1Cl. The third-order valence-corrected chi connectivity index (χ3v) is 1.72. The maximum Gasteiger partial charge on any atom is 0.176 e. The smallest absolute Gasteiger partial charge is 0.176 e. The highest BCUT2D eigenvalue weighted by atomic mass is 35.5. The van der Waals surface area contributed by atoms with E-state index < -0.39 is 11.6 Å². The predicted octanol–water partition coefficient (Wildman–Crippen LogP) is 1.96. The van der Waals surface area contributed by atoms with Gasteiger partial charge in [-0.2, -0.15) is 0 Å². The first-order chi connectivity index (χ1) is 6.16. The van der Waals surface area contributed by atoms with Crippen molar-refractivity contribution in [3.8, 4) is 5.75 Å². The van der Waals surface area contributed by atoms with E-state index in [9.17, 15) is 8.78 Å². The number of hydrogen-bond donors (Lipinski definition) is 1. The molecule has 0 atom stereocenters. The zero-order valence-electron chi connectivity index (χ0n) is 6.69. The van der Waals surface area contributed by atoms with Gasteiger partial charge in [-0.3, -0.25) is 0 Å². The molecule has 0 fully saturated rings. The minimum Gasteiger partial charge on any atom is -0.488 e. The van der Waals surface area contributed by atoms with Gasteiger partial charge in [0.05, 0.1) is 0 Å². The van der Waals surface area contributed by atoms with E-state index in [0.29, 0.717) is 0 Å². The summed E-state index contributed by atoms with van der Waals surface area (Å²) >= 11 is 5.45. The maximum atomic E-state index is 12.9. The summed E-state index contributed by atoms with van der Waals surface area (Å²) in [5.74, 6) is -1.69. The van der Waals surface area contributed by atoms with Crippen molar-refractivity contribution in [3.05, 3.63) is 28.8 Å². The molecule has 0 heterocycles. The maximum absolute atomic E-state index is 12.9. The fraction of sp³-hybridized carbons (Fsp3) is 0.250. The number of hydrogen-bond acceptors (Lipinski definition) is 2. The summed E-state index contributed by atoms with van der Waals surface area (Å²) in [4.78, 5) is 0. The molecule has 5 heteroatoms. The number of halogens is 3. The van der Waals surface area contributed by atoms with Crippen LogP contribution in [0.3, 0.4) is 0 Å². The molecule has 2 N–H and O–H groups in total. The summed E-state index contributed by atoms with van der Waals surface area (Å²) < 4.78 is 30.5. The predicted molar refractivity (Wildman–Crippen MR) is 45.9 cm³/mol. The van der Waals surface area contributed by atoms with Gasteiger partial charge >= 0.3 is 0 Å². The summed E-state index contributed by atoms with van der Waals surface area (Å²) in [5.41, 5.74) is 5.13. The molecule has 1 rings (SSSR count). The van der Waals surface area contributed by atoms with Crippen LogP contribution in [-0.2, 0) is 0 Å². The van der Waals surface area contributed by atoms with Crippen LogP contribution in [-0.4, -0.2) is 13.2 Å². The Hall–Kier alpha value is -0.870. The lowest BCUT2D eigenvalue weighted by Gasteiger charge is -2.07. The largest absolute Gasteiger partial charge is 0.488 e. The first-order valence-electron chi connectivity index (χ1n) is 3.63. The van der Waals surface area contributed by atoms with E-state index in [0.717, 1.165) is 12.1 Å². The number of ether oxygens (including phenoxy) is 1. The minimum atomic E-state index is -0.713. The van der Waals surface area contributed by atoms with Crippen LogP contribution < -0.4 is 10.5 Å². The molecule has 0 bridgehead atoms. The first-order valence-corrected chi connectivity index (χ1v) is 4.01. The Labute approximate surface area is 79.2 Å². The Morgan fingerprint density at radius 3 is 2.54 bits per heavy atom. The second kappa shape index (κ2) is 4.39. The highest BCUT2D eigenvalue weighted by Crippen LogP contribution is 2.29. The Balaban J connectivity index is 2.96. The third-order valence-electron chi connectivity index (χ3n) is 1.37. The number of nitrogens with two attached hydrogens (primary N) is 1. The lowest BCUT2D eigenvalue weighted by Crippen LogP contribution is -2.11. The Morgan fingerprint density at radius 2 is 1.92 bits per heavy atom. The van der Waals surface area contributed by atoms with Crippen molar-refractivity contribution >= 4 is 11.6 Å². The van der Waals surface area contributed by atoms with Crippen LogP contribution in [0.15, 0.2) is 12.1 Å². The van der Waals surface area contributed by atoms with Crippen molar-refractivity contribution in [2.75, 3.05) is 13.2 Å². The van der Waals surface area contributed by atoms with Crippen LogP contribution in [0.5, 0.6) is 5.75 Å². The highest BCUT2D eigenvalue weighted by Gasteiger charge is 2.12. The fourth-order valence-corrected chi connectivity index (χ4v) is 1.01. The summed E-state index contributed by atoms with van der Waals surface area (Å²) in [5, 5.41) is -0.353. The molecule has 0 aromatic heterocycles. The van der Waals surface area contributed by atoms with Crippen molar-refractivity contribution < 1.29 is 13.5 Å². The molecule has 0 spiro atoms. The molecular formula is C8H8ClF2NO. The number of benzene rings is 1. The van der Waals surface area contributed by atoms with Crippen molar-refractivity contribution in [2.45, 2.75) is 0 Å². The molecule has 2 nitrogen and oxygen atoms in total. The Morgan fingerprint density at radius 1 is 1.31 bits per heavy atom. The van der Waals surface area contributed by atoms with Crippen LogP contribution in [0, 0.1) is 11.6 Å². The zero-order chi connectivity index (χ0) is 9.84. The van der Waals surface area contributed by atoms with Gasteiger partial charge in [-0.05, 0) is 12.1 Å². The minimum absolute atomic E-state index is 0.0973. The van der Waals surface area contributed by atoms with Gasteiger partial charge in [0.15, 0.2) is 11.6 Å². The van der Waals surface area contributed by atoms with Crippen molar-refractivity contribution in [3.63, 3.8) is 0 Å². The molecule has 0 unspecified atom stereocenters. The van der Waals surface area contributed by atoms with Crippen molar-refractivity contribution in [2.24, 2.45) is 5.73 Å². The van der Waals surface area contributed by atoms with Crippen LogP contribution in [0.1, 0.15) is 0 Å². The van der Waals surface area contributed by atoms with Gasteiger partial charge < -0.3 is 10.5 Å². The van der Waals surface area contributed by atoms with Gasteiger partial charge in [0.1, 0.15) is 17.4 Å². The molecular weight excluding hydrogens is 200 g/mol. The van der Waals surface area contributed by atoms with E-state index in [1.807, 2.05) is 0 Å².